The molecule has 0 bridgehead atoms. The molecule has 2 atom stereocenters. The molecule has 1 aromatic carbocycles. The molecule has 2 heterocycles. The average molecular weight is 426 g/mol. The van der Waals surface area contributed by atoms with Crippen LogP contribution in [0.4, 0.5) is 17.6 Å². The molecule has 0 unspecified atom stereocenters. The van der Waals surface area contributed by atoms with Crippen molar-refractivity contribution in [1.29, 1.82) is 0 Å². The highest BCUT2D eigenvalue weighted by molar-refractivity contribution is 5.99. The predicted octanol–water partition coefficient (Wildman–Crippen LogP) is 3.32. The van der Waals surface area contributed by atoms with Crippen LogP contribution >= 0.6 is 0 Å². The normalized spacial score (nSPS) is 21.4. The molecule has 1 aliphatic carbocycles. The second kappa shape index (κ2) is 8.04. The number of rotatable bonds is 5. The third-order valence-corrected chi connectivity index (χ3v) is 5.47. The van der Waals surface area contributed by atoms with Crippen LogP contribution < -0.4 is 5.32 Å². The Balaban J connectivity index is 1.56. The lowest BCUT2D eigenvalue weighted by Crippen LogP contribution is -2.54. The third kappa shape index (κ3) is 3.75. The molecule has 0 saturated heterocycles. The van der Waals surface area contributed by atoms with Gasteiger partial charge in [0.2, 0.25) is 5.89 Å². The first-order valence-electron chi connectivity index (χ1n) is 9.49. The van der Waals surface area contributed by atoms with Crippen molar-refractivity contribution in [3.63, 3.8) is 0 Å². The first kappa shape index (κ1) is 20.3. The second-order valence-corrected chi connectivity index (χ2v) is 7.32. The Kier molecular flexibility index (Phi) is 5.44. The molecule has 1 N–H and O–H groups in total. The zero-order chi connectivity index (χ0) is 21.4. The van der Waals surface area contributed by atoms with Crippen LogP contribution in [0.1, 0.15) is 53.9 Å². The Morgan fingerprint density at radius 2 is 1.93 bits per heavy atom. The third-order valence-electron chi connectivity index (χ3n) is 5.47. The van der Waals surface area contributed by atoms with E-state index in [-0.39, 0.29) is 18.3 Å². The van der Waals surface area contributed by atoms with Gasteiger partial charge in [-0.1, -0.05) is 18.9 Å². The van der Waals surface area contributed by atoms with E-state index in [0.29, 0.717) is 29.5 Å². The Hall–Kier alpha value is -2.98. The van der Waals surface area contributed by atoms with Crippen molar-refractivity contribution in [2.45, 2.75) is 57.2 Å². The fourth-order valence-corrected chi connectivity index (χ4v) is 4.06. The highest BCUT2D eigenvalue weighted by Gasteiger charge is 2.39. The van der Waals surface area contributed by atoms with Crippen LogP contribution in [0.5, 0.6) is 0 Å². The summed E-state index contributed by atoms with van der Waals surface area (Å²) in [4.78, 5) is 26.1. The lowest BCUT2D eigenvalue weighted by molar-refractivity contribution is -0.133. The van der Waals surface area contributed by atoms with Gasteiger partial charge >= 0.3 is 12.9 Å². The molecule has 2 amide bonds. The molecule has 1 aromatic heterocycles. The van der Waals surface area contributed by atoms with Gasteiger partial charge in [0.05, 0.1) is 6.04 Å². The van der Waals surface area contributed by atoms with Gasteiger partial charge in [0.1, 0.15) is 0 Å². The molecule has 160 valence electrons. The fraction of sp³-hybridized carbons (Fsp3) is 0.474. The summed E-state index contributed by atoms with van der Waals surface area (Å²) in [7, 11) is 0. The Bertz CT molecular complexity index is 965. The molecular formula is C19H18F4N4O3. The van der Waals surface area contributed by atoms with Crippen molar-refractivity contribution in [2.75, 3.05) is 0 Å². The van der Waals surface area contributed by atoms with Gasteiger partial charge in [-0.05, 0) is 30.5 Å². The van der Waals surface area contributed by atoms with Crippen LogP contribution in [-0.4, -0.2) is 45.4 Å². The Morgan fingerprint density at radius 1 is 1.17 bits per heavy atom. The van der Waals surface area contributed by atoms with E-state index in [0.717, 1.165) is 12.8 Å². The molecule has 7 nitrogen and oxygen atoms in total. The molecular weight excluding hydrogens is 408 g/mol. The van der Waals surface area contributed by atoms with Crippen LogP contribution in [-0.2, 0) is 11.3 Å². The summed E-state index contributed by atoms with van der Waals surface area (Å²) in [6, 6.07) is 3.80. The van der Waals surface area contributed by atoms with Gasteiger partial charge < -0.3 is 14.6 Å². The molecule has 4 rings (SSSR count). The largest absolute Gasteiger partial charge is 0.415 e. The maximum atomic E-state index is 13.0. The lowest BCUT2D eigenvalue weighted by atomic mass is 9.89. The summed E-state index contributed by atoms with van der Waals surface area (Å²) in [5.74, 6) is -2.59. The van der Waals surface area contributed by atoms with Gasteiger partial charge in [0.25, 0.3) is 17.7 Å². The number of fused-ring (bicyclic) bond motifs is 1. The van der Waals surface area contributed by atoms with Crippen LogP contribution in [0.2, 0.25) is 0 Å². The van der Waals surface area contributed by atoms with Crippen molar-refractivity contribution in [1.82, 2.24) is 20.4 Å². The van der Waals surface area contributed by atoms with Gasteiger partial charge in [0, 0.05) is 23.7 Å². The SMILES string of the molecule is O=C(N[C@@H]1CCCC[C@H]1N1Cc2ccc(-c3nnc(C(F)F)o3)cc2C1=O)C(F)F. The number of nitrogens with zero attached hydrogens (tertiary/aromatic N) is 3. The van der Waals surface area contributed by atoms with E-state index in [1.54, 1.807) is 17.0 Å². The first-order chi connectivity index (χ1) is 14.3. The van der Waals surface area contributed by atoms with Gasteiger partial charge in [0.15, 0.2) is 0 Å². The molecule has 2 aromatic rings. The number of nitrogens with one attached hydrogen (secondary N) is 1. The quantitative estimate of drug-likeness (QED) is 0.741. The van der Waals surface area contributed by atoms with Gasteiger partial charge in [-0.15, -0.1) is 10.2 Å². The molecule has 0 spiro atoms. The number of hydrogen-bond acceptors (Lipinski definition) is 5. The van der Waals surface area contributed by atoms with E-state index in [1.165, 1.54) is 6.07 Å². The van der Waals surface area contributed by atoms with Crippen LogP contribution in [0.3, 0.4) is 0 Å². The number of carbonyl (C=O) groups is 2. The topological polar surface area (TPSA) is 88.3 Å². The monoisotopic (exact) mass is 426 g/mol. The number of hydrogen-bond donors (Lipinski definition) is 1. The average Bonchev–Trinajstić information content (AvgIpc) is 3.34. The number of aromatic nitrogens is 2. The minimum Gasteiger partial charge on any atom is -0.415 e. The zero-order valence-electron chi connectivity index (χ0n) is 15.7. The summed E-state index contributed by atoms with van der Waals surface area (Å²) in [6.45, 7) is 0.270. The van der Waals surface area contributed by atoms with Crippen LogP contribution in [0.15, 0.2) is 22.6 Å². The van der Waals surface area contributed by atoms with E-state index in [9.17, 15) is 27.2 Å². The van der Waals surface area contributed by atoms with Gasteiger partial charge in [-0.2, -0.15) is 17.6 Å². The summed E-state index contributed by atoms with van der Waals surface area (Å²) in [6.07, 6.45) is -3.34. The number of amides is 2. The second-order valence-electron chi connectivity index (χ2n) is 7.32. The molecule has 1 fully saturated rings. The van der Waals surface area contributed by atoms with Crippen molar-refractivity contribution in [3.05, 3.63) is 35.2 Å². The number of carbonyl (C=O) groups excluding carboxylic acids is 2. The molecule has 0 radical (unpaired) electrons. The maximum absolute atomic E-state index is 13.0. The van der Waals surface area contributed by atoms with E-state index >= 15 is 0 Å². The molecule has 1 saturated carbocycles. The number of halogens is 4. The van der Waals surface area contributed by atoms with Gasteiger partial charge in [-0.25, -0.2) is 0 Å². The Labute approximate surface area is 168 Å². The van der Waals surface area contributed by atoms with Gasteiger partial charge in [-0.3, -0.25) is 9.59 Å². The zero-order valence-corrected chi connectivity index (χ0v) is 15.7. The standard InChI is InChI=1S/C19H18F4N4O3/c20-14(21)16(28)24-12-3-1-2-4-13(12)27-8-10-6-5-9(7-11(10)19(27)29)17-25-26-18(30-17)15(22)23/h5-7,12-15H,1-4,8H2,(H,24,28)/t12-,13-/m1/s1. The highest BCUT2D eigenvalue weighted by atomic mass is 19.3. The molecule has 30 heavy (non-hydrogen) atoms. The summed E-state index contributed by atoms with van der Waals surface area (Å²) >= 11 is 0. The smallest absolute Gasteiger partial charge is 0.315 e. The first-order valence-corrected chi connectivity index (χ1v) is 9.49. The minimum atomic E-state index is -3.12. The maximum Gasteiger partial charge on any atom is 0.315 e. The molecule has 2 aliphatic rings. The summed E-state index contributed by atoms with van der Waals surface area (Å²) in [5.41, 5.74) is 1.39. The number of benzene rings is 1. The minimum absolute atomic E-state index is 0.126. The van der Waals surface area contributed by atoms with Crippen molar-refractivity contribution < 1.29 is 31.6 Å². The predicted molar refractivity (Wildman–Crippen MR) is 94.8 cm³/mol. The van der Waals surface area contributed by atoms with Crippen molar-refractivity contribution in [3.8, 4) is 11.5 Å². The number of alkyl halides is 4. The summed E-state index contributed by atoms with van der Waals surface area (Å²) < 4.78 is 55.6. The van der Waals surface area contributed by atoms with E-state index in [2.05, 4.69) is 15.5 Å². The Morgan fingerprint density at radius 3 is 2.63 bits per heavy atom. The van der Waals surface area contributed by atoms with Crippen LogP contribution in [0.25, 0.3) is 11.5 Å². The molecule has 11 heteroatoms. The van der Waals surface area contributed by atoms with E-state index in [4.69, 9.17) is 4.42 Å². The van der Waals surface area contributed by atoms with E-state index < -0.39 is 36.7 Å². The summed E-state index contributed by atoms with van der Waals surface area (Å²) in [5, 5.41) is 9.23. The fourth-order valence-electron chi connectivity index (χ4n) is 4.06. The van der Waals surface area contributed by atoms with Crippen molar-refractivity contribution >= 4 is 11.8 Å². The van der Waals surface area contributed by atoms with Crippen molar-refractivity contribution in [2.24, 2.45) is 0 Å². The van der Waals surface area contributed by atoms with Crippen LogP contribution in [0, 0.1) is 0 Å². The van der Waals surface area contributed by atoms with E-state index in [1.807, 2.05) is 0 Å². The highest BCUT2D eigenvalue weighted by Crippen LogP contribution is 2.34. The lowest BCUT2D eigenvalue weighted by Gasteiger charge is -2.38. The molecule has 1 aliphatic heterocycles.